The number of hydrogen-bond acceptors (Lipinski definition) is 5. The summed E-state index contributed by atoms with van der Waals surface area (Å²) in [6.07, 6.45) is 7.06. The molecule has 0 atom stereocenters. The Balaban J connectivity index is 1.24. The van der Waals surface area contributed by atoms with Crippen LogP contribution in [0.1, 0.15) is 55.9 Å². The average molecular weight is 399 g/mol. The van der Waals surface area contributed by atoms with Gasteiger partial charge in [0.15, 0.2) is 0 Å². The molecule has 7 heteroatoms. The summed E-state index contributed by atoms with van der Waals surface area (Å²) in [5.41, 5.74) is 1.34. The number of benzene rings is 1. The van der Waals surface area contributed by atoms with Gasteiger partial charge in [-0.3, -0.25) is 9.59 Å². The molecule has 2 aromatic rings. The van der Waals surface area contributed by atoms with Gasteiger partial charge < -0.3 is 14.6 Å². The monoisotopic (exact) mass is 398 g/mol. The number of nitrogens with one attached hydrogen (secondary N) is 1. The highest BCUT2D eigenvalue weighted by molar-refractivity contribution is 5.78. The number of rotatable bonds is 12. The van der Waals surface area contributed by atoms with Gasteiger partial charge in [-0.15, -0.1) is 10.2 Å². The first-order valence-electron chi connectivity index (χ1n) is 10.6. The van der Waals surface area contributed by atoms with Crippen LogP contribution in [0.15, 0.2) is 34.7 Å². The molecule has 0 spiro atoms. The molecule has 0 radical (unpaired) electrons. The molecule has 2 amide bonds. The van der Waals surface area contributed by atoms with Gasteiger partial charge in [0.25, 0.3) is 0 Å². The van der Waals surface area contributed by atoms with Crippen LogP contribution in [0.25, 0.3) is 0 Å². The number of aromatic nitrogens is 2. The topological polar surface area (TPSA) is 88.3 Å². The van der Waals surface area contributed by atoms with E-state index in [4.69, 9.17) is 4.42 Å². The molecule has 1 aliphatic rings. The third-order valence-electron chi connectivity index (χ3n) is 5.12. The van der Waals surface area contributed by atoms with Gasteiger partial charge in [-0.2, -0.15) is 0 Å². The van der Waals surface area contributed by atoms with Crippen LogP contribution in [-0.2, 0) is 28.9 Å². The predicted molar refractivity (Wildman–Crippen MR) is 109 cm³/mol. The molecule has 2 heterocycles. The fourth-order valence-corrected chi connectivity index (χ4v) is 3.49. The van der Waals surface area contributed by atoms with E-state index < -0.39 is 0 Å². The zero-order chi connectivity index (χ0) is 20.3. The summed E-state index contributed by atoms with van der Waals surface area (Å²) >= 11 is 0. The van der Waals surface area contributed by atoms with Gasteiger partial charge >= 0.3 is 0 Å². The van der Waals surface area contributed by atoms with Crippen LogP contribution in [0.4, 0.5) is 0 Å². The number of carbonyl (C=O) groups is 2. The molecule has 1 fully saturated rings. The molecule has 1 aromatic carbocycles. The van der Waals surface area contributed by atoms with Gasteiger partial charge in [-0.25, -0.2) is 0 Å². The van der Waals surface area contributed by atoms with Gasteiger partial charge in [0, 0.05) is 45.3 Å². The van der Waals surface area contributed by atoms with Crippen LogP contribution in [-0.4, -0.2) is 46.5 Å². The SMILES string of the molecule is O=C(CCc1nnc(CCCCc2ccccc2)o1)NCCCN1CCCC1=O. The molecule has 3 rings (SSSR count). The molecule has 1 N–H and O–H groups in total. The third-order valence-corrected chi connectivity index (χ3v) is 5.12. The van der Waals surface area contributed by atoms with Crippen molar-refractivity contribution in [1.29, 1.82) is 0 Å². The Bertz CT molecular complexity index is 775. The molecule has 0 saturated carbocycles. The molecule has 29 heavy (non-hydrogen) atoms. The maximum Gasteiger partial charge on any atom is 0.222 e. The smallest absolute Gasteiger partial charge is 0.222 e. The number of aryl methyl sites for hydroxylation is 3. The first-order valence-corrected chi connectivity index (χ1v) is 10.6. The summed E-state index contributed by atoms with van der Waals surface area (Å²) in [6, 6.07) is 10.4. The number of likely N-dealkylation sites (tertiary alicyclic amines) is 1. The zero-order valence-electron chi connectivity index (χ0n) is 16.9. The average Bonchev–Trinajstić information content (AvgIpc) is 3.36. The lowest BCUT2D eigenvalue weighted by molar-refractivity contribution is -0.127. The van der Waals surface area contributed by atoms with Crippen molar-refractivity contribution in [2.75, 3.05) is 19.6 Å². The minimum absolute atomic E-state index is 0.0274. The lowest BCUT2D eigenvalue weighted by Gasteiger charge is -2.15. The molecule has 7 nitrogen and oxygen atoms in total. The molecule has 156 valence electrons. The Kier molecular flexibility index (Phi) is 8.22. The maximum atomic E-state index is 11.9. The molecular formula is C22H30N4O3. The molecule has 0 aliphatic carbocycles. The summed E-state index contributed by atoms with van der Waals surface area (Å²) in [5.74, 6) is 1.36. The van der Waals surface area contributed by atoms with E-state index >= 15 is 0 Å². The van der Waals surface area contributed by atoms with E-state index in [2.05, 4.69) is 39.8 Å². The Hall–Kier alpha value is -2.70. The minimum atomic E-state index is -0.0274. The Labute approximate surface area is 171 Å². The Morgan fingerprint density at radius 2 is 1.79 bits per heavy atom. The predicted octanol–water partition coefficient (Wildman–Crippen LogP) is 2.70. The van der Waals surface area contributed by atoms with Crippen LogP contribution in [0.2, 0.25) is 0 Å². The number of unbranched alkanes of at least 4 members (excludes halogenated alkanes) is 1. The van der Waals surface area contributed by atoms with E-state index in [1.165, 1.54) is 5.56 Å². The third kappa shape index (κ3) is 7.33. The van der Waals surface area contributed by atoms with E-state index in [-0.39, 0.29) is 11.8 Å². The van der Waals surface area contributed by atoms with Crippen LogP contribution < -0.4 is 5.32 Å². The van der Waals surface area contributed by atoms with E-state index in [0.717, 1.165) is 51.6 Å². The van der Waals surface area contributed by atoms with Crippen LogP contribution in [0.3, 0.4) is 0 Å². The molecular weight excluding hydrogens is 368 g/mol. The van der Waals surface area contributed by atoms with Crippen molar-refractivity contribution in [3.05, 3.63) is 47.7 Å². The highest BCUT2D eigenvalue weighted by Crippen LogP contribution is 2.10. The summed E-state index contributed by atoms with van der Waals surface area (Å²) in [5, 5.41) is 11.0. The van der Waals surface area contributed by atoms with E-state index in [1.54, 1.807) is 0 Å². The number of amides is 2. The van der Waals surface area contributed by atoms with Crippen molar-refractivity contribution in [2.45, 2.75) is 57.8 Å². The minimum Gasteiger partial charge on any atom is -0.425 e. The van der Waals surface area contributed by atoms with E-state index in [0.29, 0.717) is 37.6 Å². The summed E-state index contributed by atoms with van der Waals surface area (Å²) in [7, 11) is 0. The maximum absolute atomic E-state index is 11.9. The van der Waals surface area contributed by atoms with E-state index in [1.807, 2.05) is 11.0 Å². The summed E-state index contributed by atoms with van der Waals surface area (Å²) in [6.45, 7) is 2.15. The van der Waals surface area contributed by atoms with Crippen molar-refractivity contribution in [1.82, 2.24) is 20.4 Å². The summed E-state index contributed by atoms with van der Waals surface area (Å²) in [4.78, 5) is 25.3. The first-order chi connectivity index (χ1) is 14.2. The van der Waals surface area contributed by atoms with Crippen molar-refractivity contribution in [3.8, 4) is 0 Å². The first kappa shape index (κ1) is 21.0. The molecule has 1 aromatic heterocycles. The van der Waals surface area contributed by atoms with E-state index in [9.17, 15) is 9.59 Å². The van der Waals surface area contributed by atoms with Crippen molar-refractivity contribution in [3.63, 3.8) is 0 Å². The molecule has 0 unspecified atom stereocenters. The fraction of sp³-hybridized carbons (Fsp3) is 0.545. The largest absolute Gasteiger partial charge is 0.425 e. The highest BCUT2D eigenvalue weighted by atomic mass is 16.4. The standard InChI is InChI=1S/C22H30N4O3/c27-19(23-15-7-17-26-16-6-12-22(26)28)13-14-21-25-24-20(29-21)11-5-4-10-18-8-2-1-3-9-18/h1-3,8-9H,4-7,10-17H2,(H,23,27). The Morgan fingerprint density at radius 1 is 1.03 bits per heavy atom. The van der Waals surface area contributed by atoms with Gasteiger partial charge in [-0.1, -0.05) is 30.3 Å². The number of nitrogens with zero attached hydrogens (tertiary/aromatic N) is 3. The second-order valence-corrected chi connectivity index (χ2v) is 7.47. The summed E-state index contributed by atoms with van der Waals surface area (Å²) < 4.78 is 5.64. The van der Waals surface area contributed by atoms with Crippen molar-refractivity contribution >= 4 is 11.8 Å². The molecule has 1 aliphatic heterocycles. The molecule has 1 saturated heterocycles. The van der Waals surface area contributed by atoms with Crippen molar-refractivity contribution < 1.29 is 14.0 Å². The van der Waals surface area contributed by atoms with Gasteiger partial charge in [0.1, 0.15) is 0 Å². The zero-order valence-corrected chi connectivity index (χ0v) is 16.9. The van der Waals surface area contributed by atoms with Gasteiger partial charge in [-0.05, 0) is 37.7 Å². The Morgan fingerprint density at radius 3 is 2.55 bits per heavy atom. The number of hydrogen-bond donors (Lipinski definition) is 1. The van der Waals surface area contributed by atoms with Crippen LogP contribution in [0, 0.1) is 0 Å². The molecule has 0 bridgehead atoms. The van der Waals surface area contributed by atoms with Crippen molar-refractivity contribution in [2.24, 2.45) is 0 Å². The second kappa shape index (κ2) is 11.3. The van der Waals surface area contributed by atoms with Gasteiger partial charge in [0.2, 0.25) is 23.6 Å². The lowest BCUT2D eigenvalue weighted by atomic mass is 10.1. The van der Waals surface area contributed by atoms with Crippen LogP contribution >= 0.6 is 0 Å². The number of carbonyl (C=O) groups excluding carboxylic acids is 2. The lowest BCUT2D eigenvalue weighted by Crippen LogP contribution is -2.30. The fourth-order valence-electron chi connectivity index (χ4n) is 3.49. The normalized spacial score (nSPS) is 13.8. The highest BCUT2D eigenvalue weighted by Gasteiger charge is 2.19. The van der Waals surface area contributed by atoms with Crippen LogP contribution in [0.5, 0.6) is 0 Å². The quantitative estimate of drug-likeness (QED) is 0.555. The second-order valence-electron chi connectivity index (χ2n) is 7.47. The van der Waals surface area contributed by atoms with Gasteiger partial charge in [0.05, 0.1) is 0 Å².